The molecular weight excluding hydrogens is 400 g/mol. The summed E-state index contributed by atoms with van der Waals surface area (Å²) in [6, 6.07) is 4.01. The number of hydrogen-bond donors (Lipinski definition) is 1. The summed E-state index contributed by atoms with van der Waals surface area (Å²) < 4.78 is 37.1. The molecule has 0 spiro atoms. The Morgan fingerprint density at radius 1 is 1.18 bits per heavy atom. The summed E-state index contributed by atoms with van der Waals surface area (Å²) >= 11 is 1.72. The van der Waals surface area contributed by atoms with Gasteiger partial charge in [-0.1, -0.05) is 0 Å². The van der Waals surface area contributed by atoms with Gasteiger partial charge in [-0.2, -0.15) is 20.2 Å². The molecule has 0 atom stereocenters. The molecule has 0 aliphatic carbocycles. The Morgan fingerprint density at radius 2 is 1.89 bits per heavy atom. The lowest BCUT2D eigenvalue weighted by Gasteiger charge is -2.33. The van der Waals surface area contributed by atoms with Crippen molar-refractivity contribution in [2.24, 2.45) is 8.80 Å². The van der Waals surface area contributed by atoms with Crippen LogP contribution in [-0.4, -0.2) is 94.4 Å². The van der Waals surface area contributed by atoms with E-state index in [0.29, 0.717) is 18.2 Å². The molecule has 0 aromatic carbocycles. The van der Waals surface area contributed by atoms with E-state index in [1.807, 2.05) is 31.1 Å². The van der Waals surface area contributed by atoms with Crippen molar-refractivity contribution in [2.45, 2.75) is 12.3 Å². The Morgan fingerprint density at radius 3 is 2.61 bits per heavy atom. The molecule has 9 nitrogen and oxygen atoms in total. The van der Waals surface area contributed by atoms with Crippen LogP contribution in [0.15, 0.2) is 25.3 Å². The van der Waals surface area contributed by atoms with Gasteiger partial charge in [-0.25, -0.2) is 0 Å². The van der Waals surface area contributed by atoms with Crippen LogP contribution in [0.4, 0.5) is 0 Å². The van der Waals surface area contributed by atoms with Gasteiger partial charge in [0.2, 0.25) is 0 Å². The third-order valence-corrected chi connectivity index (χ3v) is 6.19. The van der Waals surface area contributed by atoms with Crippen molar-refractivity contribution < 1.29 is 12.8 Å². The number of amidine groups is 2. The minimum Gasteiger partial charge on any atom is -0.464 e. The van der Waals surface area contributed by atoms with E-state index < -0.39 is 10.2 Å². The molecule has 156 valence electrons. The normalized spacial score (nSPS) is 19.8. The second kappa shape index (κ2) is 9.29. The zero-order valence-corrected chi connectivity index (χ0v) is 18.2. The van der Waals surface area contributed by atoms with Crippen LogP contribution in [0.3, 0.4) is 0 Å². The van der Waals surface area contributed by atoms with Crippen LogP contribution in [0.25, 0.3) is 0 Å². The fraction of sp³-hybridized carbons (Fsp3) is 0.647. The lowest BCUT2D eigenvalue weighted by Crippen LogP contribution is -2.51. The van der Waals surface area contributed by atoms with Crippen LogP contribution in [0.1, 0.15) is 11.5 Å². The first-order chi connectivity index (χ1) is 13.3. The highest BCUT2D eigenvalue weighted by molar-refractivity contribution is 7.98. The van der Waals surface area contributed by atoms with Crippen molar-refractivity contribution in [3.05, 3.63) is 23.7 Å². The lowest BCUT2D eigenvalue weighted by molar-refractivity contribution is 0.217. The maximum absolute atomic E-state index is 11.8. The monoisotopic (exact) mass is 428 g/mol. The molecule has 1 fully saturated rings. The molecule has 2 aliphatic heterocycles. The highest BCUT2D eigenvalue weighted by atomic mass is 32.2. The standard InChI is InChI=1S/C17H28N6O3S2/c1-21(2)12-14-4-5-15(26-14)13-27-11-6-18-16-17(20-28(24,25)19-16)23-9-7-22(3)8-10-23/h4-5H,6-13H2,1-3H3,(H,18,19). The maximum atomic E-state index is 11.8. The summed E-state index contributed by atoms with van der Waals surface area (Å²) in [5, 5.41) is 3.14. The second-order valence-corrected chi connectivity index (χ2v) is 9.54. The van der Waals surface area contributed by atoms with Crippen molar-refractivity contribution in [3.8, 4) is 0 Å². The minimum absolute atomic E-state index is 0.358. The molecule has 0 saturated carbocycles. The van der Waals surface area contributed by atoms with E-state index in [1.165, 1.54) is 0 Å². The fourth-order valence-electron chi connectivity index (χ4n) is 2.98. The Labute approximate surface area is 171 Å². The smallest absolute Gasteiger partial charge is 0.367 e. The van der Waals surface area contributed by atoms with Crippen molar-refractivity contribution >= 4 is 33.6 Å². The first kappa shape index (κ1) is 21.2. The minimum atomic E-state index is -3.77. The molecule has 0 unspecified atom stereocenters. The average molecular weight is 429 g/mol. The molecule has 0 amide bonds. The summed E-state index contributed by atoms with van der Waals surface area (Å²) in [4.78, 5) is 6.26. The third-order valence-electron chi connectivity index (χ3n) is 4.40. The molecule has 2 aliphatic rings. The topological polar surface area (TPSA) is 93.7 Å². The van der Waals surface area contributed by atoms with Crippen molar-refractivity contribution in [2.75, 3.05) is 59.6 Å². The number of piperazine rings is 1. The second-order valence-electron chi connectivity index (χ2n) is 7.18. The van der Waals surface area contributed by atoms with E-state index in [4.69, 9.17) is 4.42 Å². The largest absolute Gasteiger partial charge is 0.464 e. The van der Waals surface area contributed by atoms with E-state index in [0.717, 1.165) is 55.7 Å². The predicted octanol–water partition coefficient (Wildman–Crippen LogP) is 0.467. The van der Waals surface area contributed by atoms with Gasteiger partial charge < -0.3 is 24.4 Å². The summed E-state index contributed by atoms with van der Waals surface area (Å²) in [5.41, 5.74) is 0. The number of hydrogen-bond acceptors (Lipinski definition) is 8. The summed E-state index contributed by atoms with van der Waals surface area (Å²) in [6.07, 6.45) is 0. The van der Waals surface area contributed by atoms with Gasteiger partial charge in [-0.3, -0.25) is 0 Å². The van der Waals surface area contributed by atoms with Gasteiger partial charge in [0.25, 0.3) is 0 Å². The first-order valence-corrected chi connectivity index (χ1v) is 11.8. The Kier molecular flexibility index (Phi) is 7.02. The van der Waals surface area contributed by atoms with E-state index in [9.17, 15) is 8.42 Å². The van der Waals surface area contributed by atoms with Gasteiger partial charge in [0, 0.05) is 38.5 Å². The molecule has 0 bridgehead atoms. The molecule has 28 heavy (non-hydrogen) atoms. The molecule has 1 aromatic heterocycles. The van der Waals surface area contributed by atoms with Gasteiger partial charge >= 0.3 is 10.2 Å². The van der Waals surface area contributed by atoms with Crippen molar-refractivity contribution in [1.82, 2.24) is 20.0 Å². The number of nitrogens with zero attached hydrogens (tertiary/aromatic N) is 5. The van der Waals surface area contributed by atoms with Gasteiger partial charge in [0.1, 0.15) is 11.5 Å². The van der Waals surface area contributed by atoms with Crippen molar-refractivity contribution in [3.63, 3.8) is 0 Å². The lowest BCUT2D eigenvalue weighted by atomic mass is 10.3. The molecule has 3 rings (SSSR count). The average Bonchev–Trinajstić information content (AvgIpc) is 3.18. The molecule has 0 radical (unpaired) electrons. The first-order valence-electron chi connectivity index (χ1n) is 9.25. The molecule has 3 heterocycles. The number of furan rings is 1. The number of thioether (sulfide) groups is 1. The van der Waals surface area contributed by atoms with E-state index >= 15 is 0 Å². The highest BCUT2D eigenvalue weighted by Crippen LogP contribution is 2.16. The highest BCUT2D eigenvalue weighted by Gasteiger charge is 2.30. The van der Waals surface area contributed by atoms with E-state index in [-0.39, 0.29) is 0 Å². The zero-order chi connectivity index (χ0) is 20.1. The van der Waals surface area contributed by atoms with Crippen LogP contribution < -0.4 is 5.32 Å². The van der Waals surface area contributed by atoms with Crippen LogP contribution in [-0.2, 0) is 22.5 Å². The quantitative estimate of drug-likeness (QED) is 0.627. The van der Waals surface area contributed by atoms with Gasteiger partial charge in [-0.05, 0) is 33.3 Å². The molecular formula is C17H28N6O3S2. The van der Waals surface area contributed by atoms with E-state index in [1.54, 1.807) is 11.8 Å². The Balaban J connectivity index is 1.44. The van der Waals surface area contributed by atoms with Crippen LogP contribution in [0, 0.1) is 0 Å². The molecule has 1 aromatic rings. The fourth-order valence-corrected chi connectivity index (χ4v) is 4.56. The number of rotatable bonds is 7. The van der Waals surface area contributed by atoms with Gasteiger partial charge in [0.15, 0.2) is 11.7 Å². The van der Waals surface area contributed by atoms with Crippen molar-refractivity contribution in [1.29, 1.82) is 0 Å². The Bertz CT molecular complexity index is 826. The number of likely N-dealkylation sites (N-methyl/N-ethyl adjacent to an activating group) is 1. The molecule has 1 N–H and O–H groups in total. The summed E-state index contributed by atoms with van der Waals surface area (Å²) in [6.45, 7) is 4.64. The zero-order valence-electron chi connectivity index (χ0n) is 16.6. The summed E-state index contributed by atoms with van der Waals surface area (Å²) in [7, 11) is 2.30. The Hall–Kier alpha value is -1.56. The maximum Gasteiger partial charge on any atom is 0.367 e. The number of nitrogens with one attached hydrogen (secondary N) is 1. The summed E-state index contributed by atoms with van der Waals surface area (Å²) in [5.74, 6) is 4.28. The molecule has 1 saturated heterocycles. The third kappa shape index (κ3) is 5.97. The van der Waals surface area contributed by atoms with Crippen LogP contribution in [0.2, 0.25) is 0 Å². The molecule has 11 heteroatoms. The van der Waals surface area contributed by atoms with Crippen LogP contribution >= 0.6 is 11.8 Å². The van der Waals surface area contributed by atoms with Gasteiger partial charge in [-0.15, -0.1) is 8.80 Å². The SMILES string of the molecule is CN(C)Cc1ccc(CSCCNC2=NS(=O)(=O)N=C2N2CCN(C)CC2)o1. The predicted molar refractivity (Wildman–Crippen MR) is 113 cm³/mol. The van der Waals surface area contributed by atoms with Gasteiger partial charge in [0.05, 0.1) is 12.3 Å². The van der Waals surface area contributed by atoms with Crippen LogP contribution in [0.5, 0.6) is 0 Å². The van der Waals surface area contributed by atoms with E-state index in [2.05, 4.69) is 31.0 Å².